The lowest BCUT2D eigenvalue weighted by molar-refractivity contribution is -0.122. The van der Waals surface area contributed by atoms with E-state index in [2.05, 4.69) is 9.24 Å². The molecule has 3 unspecified atom stereocenters. The molecule has 0 radical (unpaired) electrons. The van der Waals surface area contributed by atoms with Gasteiger partial charge in [0.05, 0.1) is 0 Å². The van der Waals surface area contributed by atoms with Crippen molar-refractivity contribution in [1.29, 1.82) is 0 Å². The third-order valence-corrected chi connectivity index (χ3v) is 1.91. The molecule has 4 heteroatoms. The van der Waals surface area contributed by atoms with Gasteiger partial charge in [0.25, 0.3) is 0 Å². The summed E-state index contributed by atoms with van der Waals surface area (Å²) in [5, 5.41) is 0. The van der Waals surface area contributed by atoms with Gasteiger partial charge in [0, 0.05) is 12.0 Å². The summed E-state index contributed by atoms with van der Waals surface area (Å²) < 4.78 is 0. The van der Waals surface area contributed by atoms with Gasteiger partial charge in [-0.05, 0) is 25.9 Å². The third kappa shape index (κ3) is 5.16. The van der Waals surface area contributed by atoms with Crippen LogP contribution in [0.3, 0.4) is 0 Å². The monoisotopic (exact) mass is 176 g/mol. The number of rotatable bonds is 5. The van der Waals surface area contributed by atoms with Gasteiger partial charge in [-0.3, -0.25) is 4.79 Å². The quantitative estimate of drug-likeness (QED) is 0.583. The molecule has 4 N–H and O–H groups in total. The number of hydrogen-bond donors (Lipinski definition) is 2. The third-order valence-electron chi connectivity index (χ3n) is 1.57. The average molecular weight is 176 g/mol. The van der Waals surface area contributed by atoms with Crippen molar-refractivity contribution in [1.82, 2.24) is 0 Å². The maximum Gasteiger partial charge on any atom is 0.220 e. The van der Waals surface area contributed by atoms with Gasteiger partial charge in [-0.15, -0.1) is 9.24 Å². The van der Waals surface area contributed by atoms with Gasteiger partial charge >= 0.3 is 0 Å². The topological polar surface area (TPSA) is 69.1 Å². The normalized spacial score (nSPS) is 15.9. The SMILES string of the molecule is CC(N)CC(CCP)C(N)=O. The smallest absolute Gasteiger partial charge is 0.220 e. The first kappa shape index (κ1) is 10.9. The van der Waals surface area contributed by atoms with Gasteiger partial charge in [0.1, 0.15) is 0 Å². The van der Waals surface area contributed by atoms with E-state index >= 15 is 0 Å². The van der Waals surface area contributed by atoms with Crippen molar-refractivity contribution < 1.29 is 4.79 Å². The molecule has 11 heavy (non-hydrogen) atoms. The Morgan fingerprint density at radius 3 is 2.45 bits per heavy atom. The van der Waals surface area contributed by atoms with E-state index in [0.29, 0.717) is 6.42 Å². The van der Waals surface area contributed by atoms with Gasteiger partial charge in [-0.2, -0.15) is 0 Å². The van der Waals surface area contributed by atoms with Crippen LogP contribution in [0.4, 0.5) is 0 Å². The molecule has 0 bridgehead atoms. The maximum absolute atomic E-state index is 10.8. The largest absolute Gasteiger partial charge is 0.369 e. The molecule has 3 nitrogen and oxygen atoms in total. The predicted molar refractivity (Wildman–Crippen MR) is 50.1 cm³/mol. The second-order valence-electron chi connectivity index (χ2n) is 2.89. The second kappa shape index (κ2) is 5.50. The van der Waals surface area contributed by atoms with Crippen molar-refractivity contribution in [2.45, 2.75) is 25.8 Å². The van der Waals surface area contributed by atoms with Gasteiger partial charge in [0.2, 0.25) is 5.91 Å². The van der Waals surface area contributed by atoms with Crippen LogP contribution in [-0.2, 0) is 4.79 Å². The van der Waals surface area contributed by atoms with Gasteiger partial charge < -0.3 is 11.5 Å². The highest BCUT2D eigenvalue weighted by Gasteiger charge is 2.15. The minimum atomic E-state index is -0.232. The molecule has 0 spiro atoms. The van der Waals surface area contributed by atoms with Crippen molar-refractivity contribution in [2.24, 2.45) is 17.4 Å². The van der Waals surface area contributed by atoms with E-state index in [0.717, 1.165) is 12.6 Å². The molecule has 0 aliphatic rings. The van der Waals surface area contributed by atoms with E-state index in [1.165, 1.54) is 0 Å². The molecule has 0 aliphatic heterocycles. The summed E-state index contributed by atoms with van der Waals surface area (Å²) in [5.41, 5.74) is 10.7. The number of carbonyl (C=O) groups is 1. The number of nitrogens with two attached hydrogens (primary N) is 2. The molecule has 0 saturated heterocycles. The lowest BCUT2D eigenvalue weighted by Gasteiger charge is -2.13. The highest BCUT2D eigenvalue weighted by atomic mass is 31.0. The van der Waals surface area contributed by atoms with Crippen LogP contribution in [0, 0.1) is 5.92 Å². The Kier molecular flexibility index (Phi) is 5.43. The summed E-state index contributed by atoms with van der Waals surface area (Å²) >= 11 is 0. The van der Waals surface area contributed by atoms with Crippen LogP contribution in [0.2, 0.25) is 0 Å². The zero-order chi connectivity index (χ0) is 8.85. The Hall–Kier alpha value is -0.140. The molecule has 0 saturated carbocycles. The standard InChI is InChI=1S/C7H17N2OP/c1-5(8)4-6(2-3-11)7(9)10/h5-6H,2-4,8,11H2,1H3,(H2,9,10). The van der Waals surface area contributed by atoms with Crippen molar-refractivity contribution in [3.05, 3.63) is 0 Å². The van der Waals surface area contributed by atoms with Gasteiger partial charge in [-0.25, -0.2) is 0 Å². The molecule has 0 aliphatic carbocycles. The maximum atomic E-state index is 10.8. The molecular formula is C7H17N2OP. The van der Waals surface area contributed by atoms with Crippen LogP contribution in [0.15, 0.2) is 0 Å². The molecule has 0 aromatic heterocycles. The lowest BCUT2D eigenvalue weighted by atomic mass is 9.98. The highest BCUT2D eigenvalue weighted by Crippen LogP contribution is 2.11. The zero-order valence-electron chi connectivity index (χ0n) is 6.92. The summed E-state index contributed by atoms with van der Waals surface area (Å²) in [6.07, 6.45) is 2.42. The summed E-state index contributed by atoms with van der Waals surface area (Å²) in [6.45, 7) is 1.89. The number of amides is 1. The first-order chi connectivity index (χ1) is 5.07. The Bertz CT molecular complexity index is 128. The minimum Gasteiger partial charge on any atom is -0.369 e. The van der Waals surface area contributed by atoms with Gasteiger partial charge in [0.15, 0.2) is 0 Å². The molecule has 0 aromatic rings. The minimum absolute atomic E-state index is 0.0486. The number of hydrogen-bond acceptors (Lipinski definition) is 2. The van der Waals surface area contributed by atoms with Crippen molar-refractivity contribution >= 4 is 15.1 Å². The van der Waals surface area contributed by atoms with E-state index in [-0.39, 0.29) is 17.9 Å². The molecule has 0 rings (SSSR count). The fraction of sp³-hybridized carbons (Fsp3) is 0.857. The predicted octanol–water partition coefficient (Wildman–Crippen LogP) is 0.0904. The van der Waals surface area contributed by atoms with E-state index in [4.69, 9.17) is 11.5 Å². The van der Waals surface area contributed by atoms with E-state index in [1.807, 2.05) is 6.92 Å². The van der Waals surface area contributed by atoms with Crippen molar-refractivity contribution in [2.75, 3.05) is 6.16 Å². The number of primary amides is 1. The van der Waals surface area contributed by atoms with E-state index < -0.39 is 0 Å². The number of carbonyl (C=O) groups excluding carboxylic acids is 1. The molecule has 1 amide bonds. The van der Waals surface area contributed by atoms with Gasteiger partial charge in [-0.1, -0.05) is 0 Å². The molecule has 66 valence electrons. The van der Waals surface area contributed by atoms with Crippen LogP contribution in [0.1, 0.15) is 19.8 Å². The van der Waals surface area contributed by atoms with Crippen LogP contribution in [0.25, 0.3) is 0 Å². The summed E-state index contributed by atoms with van der Waals surface area (Å²) in [6, 6.07) is 0.0593. The molecule has 0 aromatic carbocycles. The Morgan fingerprint density at radius 1 is 1.64 bits per heavy atom. The van der Waals surface area contributed by atoms with E-state index in [9.17, 15) is 4.79 Å². The molecule has 0 fully saturated rings. The Labute approximate surface area is 70.1 Å². The fourth-order valence-corrected chi connectivity index (χ4v) is 1.43. The van der Waals surface area contributed by atoms with Crippen LogP contribution in [-0.4, -0.2) is 18.1 Å². The Morgan fingerprint density at radius 2 is 2.18 bits per heavy atom. The fourth-order valence-electron chi connectivity index (χ4n) is 1.03. The Balaban J connectivity index is 3.79. The summed E-state index contributed by atoms with van der Waals surface area (Å²) in [4.78, 5) is 10.8. The zero-order valence-corrected chi connectivity index (χ0v) is 8.07. The summed E-state index contributed by atoms with van der Waals surface area (Å²) in [7, 11) is 2.58. The molecule has 0 heterocycles. The summed E-state index contributed by atoms with van der Waals surface area (Å²) in [5.74, 6) is -0.280. The molecule has 3 atom stereocenters. The van der Waals surface area contributed by atoms with Crippen LogP contribution >= 0.6 is 9.24 Å². The lowest BCUT2D eigenvalue weighted by Crippen LogP contribution is -2.29. The average Bonchev–Trinajstić information content (AvgIpc) is 1.86. The first-order valence-electron chi connectivity index (χ1n) is 3.83. The van der Waals surface area contributed by atoms with E-state index in [1.54, 1.807) is 0 Å². The van der Waals surface area contributed by atoms with Crippen LogP contribution < -0.4 is 11.5 Å². The van der Waals surface area contributed by atoms with Crippen molar-refractivity contribution in [3.8, 4) is 0 Å². The highest BCUT2D eigenvalue weighted by molar-refractivity contribution is 7.16. The second-order valence-corrected chi connectivity index (χ2v) is 3.47. The van der Waals surface area contributed by atoms with Crippen LogP contribution in [0.5, 0.6) is 0 Å². The first-order valence-corrected chi connectivity index (χ1v) is 4.64. The van der Waals surface area contributed by atoms with Crippen molar-refractivity contribution in [3.63, 3.8) is 0 Å². The molecular weight excluding hydrogens is 159 g/mol.